The number of hydrogen-bond acceptors (Lipinski definition) is 6. The fraction of sp³-hybridized carbons (Fsp3) is 0.167. The summed E-state index contributed by atoms with van der Waals surface area (Å²) in [5.74, 6) is 1.33. The Labute approximate surface area is 149 Å². The maximum absolute atomic E-state index is 12.5. The zero-order valence-corrected chi connectivity index (χ0v) is 14.7. The molecule has 1 amide bonds. The number of benzene rings is 2. The molecule has 0 unspecified atom stereocenters. The number of hydrogen-bond donors (Lipinski definition) is 1. The summed E-state index contributed by atoms with van der Waals surface area (Å²) in [7, 11) is 3.23. The summed E-state index contributed by atoms with van der Waals surface area (Å²) < 4.78 is 14.2. The van der Waals surface area contributed by atoms with E-state index in [1.54, 1.807) is 14.2 Å². The highest BCUT2D eigenvalue weighted by Crippen LogP contribution is 2.25. The molecule has 0 spiro atoms. The molecule has 25 heavy (non-hydrogen) atoms. The van der Waals surface area contributed by atoms with Crippen molar-refractivity contribution in [3.05, 3.63) is 59.0 Å². The van der Waals surface area contributed by atoms with Crippen molar-refractivity contribution in [1.29, 1.82) is 0 Å². The fourth-order valence-electron chi connectivity index (χ4n) is 2.28. The molecule has 2 aromatic carbocycles. The Morgan fingerprint density at radius 2 is 1.60 bits per heavy atom. The summed E-state index contributed by atoms with van der Waals surface area (Å²) in [5.41, 5.74) is 2.38. The normalized spacial score (nSPS) is 10.3. The van der Waals surface area contributed by atoms with E-state index in [4.69, 9.17) is 9.47 Å². The first kappa shape index (κ1) is 16.9. The van der Waals surface area contributed by atoms with Crippen molar-refractivity contribution >= 4 is 17.4 Å². The van der Waals surface area contributed by atoms with Crippen LogP contribution in [0.15, 0.2) is 48.5 Å². The Balaban J connectivity index is 1.71. The van der Waals surface area contributed by atoms with Gasteiger partial charge in [0, 0.05) is 12.1 Å². The number of aromatic nitrogens is 2. The molecule has 0 saturated heterocycles. The van der Waals surface area contributed by atoms with Crippen LogP contribution in [0.25, 0.3) is 11.3 Å². The molecule has 0 radical (unpaired) electrons. The zero-order chi connectivity index (χ0) is 17.6. The van der Waals surface area contributed by atoms with Crippen LogP contribution in [0.1, 0.15) is 15.2 Å². The molecule has 6 nitrogen and oxygen atoms in total. The Kier molecular flexibility index (Phi) is 5.25. The number of ether oxygens (including phenoxy) is 2. The van der Waals surface area contributed by atoms with Gasteiger partial charge < -0.3 is 14.8 Å². The third kappa shape index (κ3) is 3.95. The largest absolute Gasteiger partial charge is 0.497 e. The van der Waals surface area contributed by atoms with Crippen LogP contribution in [0, 0.1) is 0 Å². The van der Waals surface area contributed by atoms with Crippen LogP contribution >= 0.6 is 11.5 Å². The van der Waals surface area contributed by atoms with E-state index in [0.717, 1.165) is 34.2 Å². The first-order valence-corrected chi connectivity index (χ1v) is 8.36. The Hall–Kier alpha value is -2.93. The molecule has 1 aromatic heterocycles. The van der Waals surface area contributed by atoms with E-state index in [1.807, 2.05) is 48.5 Å². The molecule has 0 aliphatic heterocycles. The Morgan fingerprint density at radius 1 is 1.00 bits per heavy atom. The second-order valence-corrected chi connectivity index (χ2v) is 5.96. The van der Waals surface area contributed by atoms with Crippen LogP contribution in [0.4, 0.5) is 0 Å². The molecule has 0 aliphatic rings. The van der Waals surface area contributed by atoms with E-state index in [9.17, 15) is 4.79 Å². The Morgan fingerprint density at radius 3 is 2.20 bits per heavy atom. The van der Waals surface area contributed by atoms with Gasteiger partial charge in [0.25, 0.3) is 5.91 Å². The lowest BCUT2D eigenvalue weighted by atomic mass is 10.1. The molecule has 3 rings (SSSR count). The average molecular weight is 355 g/mol. The van der Waals surface area contributed by atoms with Gasteiger partial charge in [0.2, 0.25) is 0 Å². The summed E-state index contributed by atoms with van der Waals surface area (Å²) in [6.07, 6.45) is 0. The van der Waals surface area contributed by atoms with Crippen LogP contribution < -0.4 is 14.8 Å². The van der Waals surface area contributed by atoms with Gasteiger partial charge in [-0.1, -0.05) is 16.6 Å². The van der Waals surface area contributed by atoms with Crippen molar-refractivity contribution in [1.82, 2.24) is 14.9 Å². The zero-order valence-electron chi connectivity index (χ0n) is 13.9. The summed E-state index contributed by atoms with van der Waals surface area (Å²) in [4.78, 5) is 13.0. The molecule has 0 bridgehead atoms. The van der Waals surface area contributed by atoms with Crippen LogP contribution in [-0.4, -0.2) is 29.7 Å². The molecular formula is C18H17N3O3S. The van der Waals surface area contributed by atoms with E-state index in [0.29, 0.717) is 17.1 Å². The smallest absolute Gasteiger partial charge is 0.265 e. The molecule has 128 valence electrons. The molecule has 0 fully saturated rings. The number of nitrogens with one attached hydrogen (secondary N) is 1. The molecule has 1 N–H and O–H groups in total. The number of methoxy groups -OCH3 is 2. The molecule has 0 aliphatic carbocycles. The minimum Gasteiger partial charge on any atom is -0.497 e. The number of carbonyl (C=O) groups excluding carboxylic acids is 1. The second-order valence-electron chi connectivity index (χ2n) is 5.21. The summed E-state index contributed by atoms with van der Waals surface area (Å²) in [5, 5.41) is 6.99. The average Bonchev–Trinajstić information content (AvgIpc) is 3.16. The first-order chi connectivity index (χ1) is 12.2. The van der Waals surface area contributed by atoms with Crippen LogP contribution in [0.3, 0.4) is 0 Å². The third-order valence-electron chi connectivity index (χ3n) is 3.67. The highest BCUT2D eigenvalue weighted by molar-refractivity contribution is 7.08. The molecule has 0 saturated carbocycles. The van der Waals surface area contributed by atoms with Crippen molar-refractivity contribution in [2.75, 3.05) is 14.2 Å². The number of nitrogens with zero attached hydrogens (tertiary/aromatic N) is 2. The minimum atomic E-state index is -0.198. The van der Waals surface area contributed by atoms with Gasteiger partial charge in [-0.15, -0.1) is 5.10 Å². The van der Waals surface area contributed by atoms with Crippen molar-refractivity contribution < 1.29 is 14.3 Å². The lowest BCUT2D eigenvalue weighted by molar-refractivity contribution is 0.0955. The van der Waals surface area contributed by atoms with Crippen molar-refractivity contribution in [3.8, 4) is 22.8 Å². The standard InChI is InChI=1S/C18H17N3O3S/c1-23-14-7-3-12(4-8-14)11-19-18(22)17-16(20-21-25-17)13-5-9-15(24-2)10-6-13/h3-10H,11H2,1-2H3,(H,19,22). The van der Waals surface area contributed by atoms with Crippen molar-refractivity contribution in [2.45, 2.75) is 6.54 Å². The van der Waals surface area contributed by atoms with Gasteiger partial charge in [-0.05, 0) is 53.5 Å². The van der Waals surface area contributed by atoms with E-state index in [2.05, 4.69) is 14.9 Å². The highest BCUT2D eigenvalue weighted by atomic mass is 32.1. The van der Waals surface area contributed by atoms with Gasteiger partial charge in [-0.25, -0.2) is 0 Å². The number of amides is 1. The van der Waals surface area contributed by atoms with Crippen molar-refractivity contribution in [3.63, 3.8) is 0 Å². The van der Waals surface area contributed by atoms with Gasteiger partial charge >= 0.3 is 0 Å². The number of rotatable bonds is 6. The molecule has 1 heterocycles. The maximum Gasteiger partial charge on any atom is 0.265 e. The van der Waals surface area contributed by atoms with E-state index < -0.39 is 0 Å². The van der Waals surface area contributed by atoms with E-state index in [1.165, 1.54) is 0 Å². The molecule has 3 aromatic rings. The van der Waals surface area contributed by atoms with Crippen LogP contribution in [0.2, 0.25) is 0 Å². The predicted octanol–water partition coefficient (Wildman–Crippen LogP) is 3.15. The van der Waals surface area contributed by atoms with Crippen LogP contribution in [0.5, 0.6) is 11.5 Å². The highest BCUT2D eigenvalue weighted by Gasteiger charge is 2.17. The maximum atomic E-state index is 12.5. The number of carbonyl (C=O) groups is 1. The van der Waals surface area contributed by atoms with Gasteiger partial charge in [0.05, 0.1) is 14.2 Å². The minimum absolute atomic E-state index is 0.198. The van der Waals surface area contributed by atoms with Gasteiger partial charge in [0.15, 0.2) is 0 Å². The topological polar surface area (TPSA) is 73.3 Å². The predicted molar refractivity (Wildman–Crippen MR) is 96.1 cm³/mol. The summed E-state index contributed by atoms with van der Waals surface area (Å²) in [6, 6.07) is 14.9. The van der Waals surface area contributed by atoms with Crippen LogP contribution in [-0.2, 0) is 6.54 Å². The third-order valence-corrected chi connectivity index (χ3v) is 4.39. The van der Waals surface area contributed by atoms with Gasteiger partial charge in [-0.3, -0.25) is 4.79 Å². The van der Waals surface area contributed by atoms with Crippen molar-refractivity contribution in [2.24, 2.45) is 0 Å². The lowest BCUT2D eigenvalue weighted by Gasteiger charge is -2.06. The quantitative estimate of drug-likeness (QED) is 0.735. The lowest BCUT2D eigenvalue weighted by Crippen LogP contribution is -2.22. The second kappa shape index (κ2) is 7.76. The van der Waals surface area contributed by atoms with Gasteiger partial charge in [-0.2, -0.15) is 0 Å². The van der Waals surface area contributed by atoms with E-state index >= 15 is 0 Å². The Bertz CT molecular complexity index is 845. The molecular weight excluding hydrogens is 338 g/mol. The van der Waals surface area contributed by atoms with Gasteiger partial charge in [0.1, 0.15) is 22.1 Å². The summed E-state index contributed by atoms with van der Waals surface area (Å²) in [6.45, 7) is 0.419. The van der Waals surface area contributed by atoms with E-state index in [-0.39, 0.29) is 5.91 Å². The summed E-state index contributed by atoms with van der Waals surface area (Å²) >= 11 is 1.08. The molecule has 0 atom stereocenters. The SMILES string of the molecule is COc1ccc(CNC(=O)c2snnc2-c2ccc(OC)cc2)cc1. The fourth-order valence-corrected chi connectivity index (χ4v) is 2.89. The first-order valence-electron chi connectivity index (χ1n) is 7.59. The monoisotopic (exact) mass is 355 g/mol. The molecule has 7 heteroatoms.